The molecule has 1 N–H and O–H groups in total. The van der Waals surface area contributed by atoms with Crippen LogP contribution in [0.15, 0.2) is 30.3 Å². The maximum atomic E-state index is 11.7. The van der Waals surface area contributed by atoms with Gasteiger partial charge >= 0.3 is 7.94 Å². The number of halogens is 2. The fourth-order valence-corrected chi connectivity index (χ4v) is 1.44. The van der Waals surface area contributed by atoms with E-state index < -0.39 is 7.94 Å². The van der Waals surface area contributed by atoms with Crippen molar-refractivity contribution in [1.82, 2.24) is 0 Å². The molecule has 1 rings (SSSR count). The van der Waals surface area contributed by atoms with E-state index in [1.165, 1.54) is 24.3 Å². The normalized spacial score (nSPS) is 11.6. The molecule has 66 valence electrons. The lowest BCUT2D eigenvalue weighted by molar-refractivity contribution is -0.0971. The summed E-state index contributed by atoms with van der Waals surface area (Å²) in [7, 11) is -4.12. The molecule has 0 aliphatic heterocycles. The van der Waals surface area contributed by atoms with E-state index in [1.54, 1.807) is 6.07 Å². The zero-order chi connectivity index (χ0) is 9.03. The average molecular weight is 195 g/mol. The third-order valence-electron chi connectivity index (χ3n) is 1.27. The third kappa shape index (κ3) is 1.76. The molecule has 0 saturated heterocycles. The Balaban J connectivity index is 2.95. The van der Waals surface area contributed by atoms with Crippen molar-refractivity contribution >= 4 is 13.2 Å². The minimum Gasteiger partial charge on any atom is -0.184 e. The highest BCUT2D eigenvalue weighted by molar-refractivity contribution is 7.68. The molecule has 0 radical (unpaired) electrons. The molecular formula is C6H6F2O3P+. The van der Waals surface area contributed by atoms with Gasteiger partial charge in [0.05, 0.1) is 0 Å². The van der Waals surface area contributed by atoms with E-state index in [-0.39, 0.29) is 5.30 Å². The first-order valence-corrected chi connectivity index (χ1v) is 4.59. The van der Waals surface area contributed by atoms with Gasteiger partial charge in [-0.1, -0.05) is 18.2 Å². The lowest BCUT2D eigenvalue weighted by atomic mass is 10.4. The molecule has 1 aromatic carbocycles. The maximum Gasteiger partial charge on any atom is 0.531 e. The van der Waals surface area contributed by atoms with Crippen LogP contribution in [0, 0.1) is 0 Å². The highest BCUT2D eigenvalue weighted by atomic mass is 31.2. The molecule has 0 amide bonds. The summed E-state index contributed by atoms with van der Waals surface area (Å²) in [4.78, 5) is 9.02. The van der Waals surface area contributed by atoms with Gasteiger partial charge in [-0.05, 0) is 21.2 Å². The molecule has 12 heavy (non-hydrogen) atoms. The number of hydrogen-bond acceptors (Lipinski definition) is 3. The molecule has 0 atom stereocenters. The van der Waals surface area contributed by atoms with E-state index in [0.29, 0.717) is 0 Å². The molecule has 0 unspecified atom stereocenters. The molecule has 0 saturated carbocycles. The van der Waals surface area contributed by atoms with Gasteiger partial charge in [0.1, 0.15) is 0 Å². The minimum absolute atomic E-state index is 0.0602. The third-order valence-corrected chi connectivity index (χ3v) is 2.59. The van der Waals surface area contributed by atoms with Crippen molar-refractivity contribution in [3.63, 3.8) is 0 Å². The summed E-state index contributed by atoms with van der Waals surface area (Å²) < 4.78 is 29.4. The first-order valence-electron chi connectivity index (χ1n) is 3.01. The van der Waals surface area contributed by atoms with Crippen molar-refractivity contribution < 1.29 is 23.4 Å². The Morgan fingerprint density at radius 2 is 1.58 bits per heavy atom. The second-order valence-electron chi connectivity index (χ2n) is 1.99. The second-order valence-corrected chi connectivity index (χ2v) is 3.83. The molecule has 6 heteroatoms. The fourth-order valence-electron chi connectivity index (χ4n) is 0.707. The van der Waals surface area contributed by atoms with Gasteiger partial charge in [0.15, 0.2) is 5.30 Å². The summed E-state index contributed by atoms with van der Waals surface area (Å²) in [6, 6.07) is 7.22. The number of benzene rings is 1. The van der Waals surface area contributed by atoms with Crippen LogP contribution >= 0.6 is 7.94 Å². The summed E-state index contributed by atoms with van der Waals surface area (Å²) in [5.41, 5.74) is 0. The van der Waals surface area contributed by atoms with E-state index in [0.717, 1.165) is 0 Å². The maximum absolute atomic E-state index is 11.7. The molecule has 0 spiro atoms. The van der Waals surface area contributed by atoms with Crippen LogP contribution in [-0.4, -0.2) is 4.89 Å². The van der Waals surface area contributed by atoms with Crippen molar-refractivity contribution in [2.24, 2.45) is 0 Å². The van der Waals surface area contributed by atoms with Gasteiger partial charge in [0.2, 0.25) is 0 Å². The summed E-state index contributed by atoms with van der Waals surface area (Å²) in [5, 5.41) is -0.0602. The van der Waals surface area contributed by atoms with Crippen LogP contribution in [0.3, 0.4) is 0 Å². The van der Waals surface area contributed by atoms with E-state index in [9.17, 15) is 9.05 Å². The SMILES string of the molecule is O[P+](OF)(OF)c1ccccc1. The molecule has 0 aliphatic carbocycles. The first-order chi connectivity index (χ1) is 5.73. The Kier molecular flexibility index (Phi) is 3.05. The van der Waals surface area contributed by atoms with Crippen LogP contribution in [0.5, 0.6) is 0 Å². The predicted octanol–water partition coefficient (Wildman–Crippen LogP) is 1.87. The highest BCUT2D eigenvalue weighted by Crippen LogP contribution is 2.56. The van der Waals surface area contributed by atoms with Crippen LogP contribution in [0.2, 0.25) is 0 Å². The molecule has 3 nitrogen and oxygen atoms in total. The van der Waals surface area contributed by atoms with Crippen LogP contribution in [0.25, 0.3) is 0 Å². The van der Waals surface area contributed by atoms with Gasteiger partial charge in [0.25, 0.3) is 0 Å². The molecule has 0 bridgehead atoms. The fraction of sp³-hybridized carbons (Fsp3) is 0. The standard InChI is InChI=1S/C6H6F2O3P/c7-10-12(9,11-8)6-4-2-1-3-5-6/h1-5,9H/q+1. The van der Waals surface area contributed by atoms with Gasteiger partial charge in [-0.25, -0.2) is 0 Å². The Bertz CT molecular complexity index is 240. The van der Waals surface area contributed by atoms with Crippen molar-refractivity contribution in [2.45, 2.75) is 0 Å². The van der Waals surface area contributed by atoms with E-state index in [2.05, 4.69) is 9.46 Å². The van der Waals surface area contributed by atoms with Crippen LogP contribution in [-0.2, 0) is 9.46 Å². The Labute approximate surface area is 67.9 Å². The van der Waals surface area contributed by atoms with Crippen molar-refractivity contribution in [2.75, 3.05) is 0 Å². The first kappa shape index (κ1) is 9.48. The summed E-state index contributed by atoms with van der Waals surface area (Å²) in [6.07, 6.45) is 0. The number of rotatable bonds is 3. The smallest absolute Gasteiger partial charge is 0.184 e. The topological polar surface area (TPSA) is 38.7 Å². The molecule has 0 fully saturated rings. The quantitative estimate of drug-likeness (QED) is 0.748. The number of hydrogen-bond donors (Lipinski definition) is 1. The molecule has 1 aromatic rings. The second kappa shape index (κ2) is 3.87. The van der Waals surface area contributed by atoms with Crippen LogP contribution in [0.1, 0.15) is 0 Å². The van der Waals surface area contributed by atoms with Gasteiger partial charge in [-0.2, -0.15) is 4.89 Å². The summed E-state index contributed by atoms with van der Waals surface area (Å²) in [5.74, 6) is 0. The van der Waals surface area contributed by atoms with Gasteiger partial charge in [-0.3, -0.25) is 0 Å². The van der Waals surface area contributed by atoms with Crippen LogP contribution in [0.4, 0.5) is 9.05 Å². The molecule has 0 aliphatic rings. The average Bonchev–Trinajstić information content (AvgIpc) is 2.18. The zero-order valence-corrected chi connectivity index (χ0v) is 6.75. The van der Waals surface area contributed by atoms with Gasteiger partial charge in [-0.15, -0.1) is 0 Å². The van der Waals surface area contributed by atoms with E-state index >= 15 is 0 Å². The highest BCUT2D eigenvalue weighted by Gasteiger charge is 2.49. The molecule has 0 heterocycles. The largest absolute Gasteiger partial charge is 0.531 e. The van der Waals surface area contributed by atoms with E-state index in [1.807, 2.05) is 0 Å². The summed E-state index contributed by atoms with van der Waals surface area (Å²) >= 11 is 0. The Hall–Kier alpha value is -0.610. The lowest BCUT2D eigenvalue weighted by Crippen LogP contribution is -2.10. The molecule has 0 aromatic heterocycles. The van der Waals surface area contributed by atoms with E-state index in [4.69, 9.17) is 4.89 Å². The lowest BCUT2D eigenvalue weighted by Gasteiger charge is -2.03. The minimum atomic E-state index is -4.12. The molecular weight excluding hydrogens is 189 g/mol. The Morgan fingerprint density at radius 3 is 2.00 bits per heavy atom. The van der Waals surface area contributed by atoms with Crippen molar-refractivity contribution in [3.8, 4) is 0 Å². The van der Waals surface area contributed by atoms with Gasteiger partial charge in [0, 0.05) is 9.46 Å². The Morgan fingerprint density at radius 1 is 1.08 bits per heavy atom. The van der Waals surface area contributed by atoms with Crippen molar-refractivity contribution in [1.29, 1.82) is 0 Å². The monoisotopic (exact) mass is 195 g/mol. The van der Waals surface area contributed by atoms with Crippen LogP contribution < -0.4 is 5.30 Å². The zero-order valence-electron chi connectivity index (χ0n) is 5.85. The predicted molar refractivity (Wildman–Crippen MR) is 39.6 cm³/mol. The summed E-state index contributed by atoms with van der Waals surface area (Å²) in [6.45, 7) is 0. The van der Waals surface area contributed by atoms with Gasteiger partial charge < -0.3 is 0 Å². The van der Waals surface area contributed by atoms with Crippen molar-refractivity contribution in [3.05, 3.63) is 30.3 Å².